The van der Waals surface area contributed by atoms with Crippen LogP contribution in [0.5, 0.6) is 0 Å². The highest BCUT2D eigenvalue weighted by atomic mass is 16.8. The van der Waals surface area contributed by atoms with E-state index in [1.54, 1.807) is 0 Å². The highest BCUT2D eigenvalue weighted by molar-refractivity contribution is 4.98. The van der Waals surface area contributed by atoms with Crippen LogP contribution in [-0.4, -0.2) is 262 Å². The standard InChI is InChI=1S/C30H52O25/c1-6-11(34)15(38)19(42)28(48-6)55-25-21(44)23(9(4-33)49-26(25)46)53-30-22(45)24(14(37)8(3-32)51-30)54-29-20(43)17(40)13(36)10(52-29)5-47-27-18(41)16(39)12(35)7(2-31)50-27/h6-46H,2-5H2,1H3/t6-,7+,8+,9+,10+,11-,12+,13+,14+,15+,16-,17-,18+,19+,20+,21-,22+,23+,24-,25+,26+,27+,28-,29-,30-/m0/s1. The van der Waals surface area contributed by atoms with Gasteiger partial charge in [-0.15, -0.1) is 0 Å². The molecule has 0 radical (unpaired) electrons. The Morgan fingerprint density at radius 3 is 1.40 bits per heavy atom. The molecule has 5 aliphatic rings. The van der Waals surface area contributed by atoms with Gasteiger partial charge in [0.15, 0.2) is 31.5 Å². The lowest BCUT2D eigenvalue weighted by Crippen LogP contribution is -2.67. The van der Waals surface area contributed by atoms with E-state index in [2.05, 4.69) is 0 Å². The summed E-state index contributed by atoms with van der Waals surface area (Å²) in [5.74, 6) is 0. The molecule has 5 fully saturated rings. The van der Waals surface area contributed by atoms with Gasteiger partial charge in [-0.2, -0.15) is 0 Å². The summed E-state index contributed by atoms with van der Waals surface area (Å²) in [7, 11) is 0. The summed E-state index contributed by atoms with van der Waals surface area (Å²) in [6.45, 7) is -2.03. The van der Waals surface area contributed by atoms with Crippen LogP contribution >= 0.6 is 0 Å². The van der Waals surface area contributed by atoms with Crippen LogP contribution in [0.3, 0.4) is 0 Å². The second kappa shape index (κ2) is 18.9. The molecule has 25 atom stereocenters. The van der Waals surface area contributed by atoms with E-state index in [9.17, 15) is 81.7 Å². The van der Waals surface area contributed by atoms with Crippen molar-refractivity contribution in [1.29, 1.82) is 0 Å². The van der Waals surface area contributed by atoms with Crippen LogP contribution in [-0.2, 0) is 42.6 Å². The van der Waals surface area contributed by atoms with E-state index in [4.69, 9.17) is 42.6 Å². The zero-order chi connectivity index (χ0) is 40.6. The summed E-state index contributed by atoms with van der Waals surface area (Å²) in [6, 6.07) is 0. The Balaban J connectivity index is 1.28. The minimum Gasteiger partial charge on any atom is -0.394 e. The summed E-state index contributed by atoms with van der Waals surface area (Å²) in [5.41, 5.74) is 0. The lowest BCUT2D eigenvalue weighted by Gasteiger charge is -2.49. The van der Waals surface area contributed by atoms with Crippen LogP contribution in [0, 0.1) is 0 Å². The summed E-state index contributed by atoms with van der Waals surface area (Å²) in [6.07, 6.45) is -44.6. The summed E-state index contributed by atoms with van der Waals surface area (Å²) in [4.78, 5) is 0. The van der Waals surface area contributed by atoms with Gasteiger partial charge >= 0.3 is 0 Å². The predicted molar refractivity (Wildman–Crippen MR) is 165 cm³/mol. The van der Waals surface area contributed by atoms with Gasteiger partial charge in [0.1, 0.15) is 116 Å². The van der Waals surface area contributed by atoms with Crippen LogP contribution in [0.1, 0.15) is 6.92 Å². The van der Waals surface area contributed by atoms with Crippen molar-refractivity contribution in [3.8, 4) is 0 Å². The van der Waals surface area contributed by atoms with Gasteiger partial charge in [0.25, 0.3) is 0 Å². The third-order valence-electron chi connectivity index (χ3n) is 10.3. The first-order chi connectivity index (χ1) is 25.9. The van der Waals surface area contributed by atoms with Gasteiger partial charge < -0.3 is 124 Å². The maximum atomic E-state index is 11.3. The summed E-state index contributed by atoms with van der Waals surface area (Å²) < 4.78 is 49.3. The van der Waals surface area contributed by atoms with Gasteiger partial charge in [-0.3, -0.25) is 0 Å². The van der Waals surface area contributed by atoms with Gasteiger partial charge in [0.2, 0.25) is 0 Å². The fourth-order valence-corrected chi connectivity index (χ4v) is 6.85. The first-order valence-electron chi connectivity index (χ1n) is 17.5. The fourth-order valence-electron chi connectivity index (χ4n) is 6.85. The molecule has 0 saturated carbocycles. The summed E-state index contributed by atoms with van der Waals surface area (Å²) >= 11 is 0. The number of aliphatic hydroxyl groups excluding tert-OH is 16. The SMILES string of the molecule is C[C@@H]1O[C@@H](O[C@@H]2[C@@H](O)[C@H](O[C@@H]3O[C@H](CO)[C@@H](O)[C@H](O[C@@H]4O[C@H](CO[C@@H]5O[C@H](CO)[C@@H](O)[C@H](O)[C@H]5O)[C@@H](O)[C@H](O)[C@H]4O)[C@H]3O)[C@@H](CO)O[C@H]2O)[C@H](O)[C@H](O)[C@H]1O. The maximum Gasteiger partial charge on any atom is 0.187 e. The van der Waals surface area contributed by atoms with E-state index in [1.165, 1.54) is 6.92 Å². The van der Waals surface area contributed by atoms with Crippen LogP contribution in [0.25, 0.3) is 0 Å². The van der Waals surface area contributed by atoms with Gasteiger partial charge in [-0.1, -0.05) is 0 Å². The molecule has 25 nitrogen and oxygen atoms in total. The van der Waals surface area contributed by atoms with Crippen LogP contribution in [0.15, 0.2) is 0 Å². The van der Waals surface area contributed by atoms with Crippen molar-refractivity contribution in [3.63, 3.8) is 0 Å². The summed E-state index contributed by atoms with van der Waals surface area (Å²) in [5, 5.41) is 166. The molecule has 5 heterocycles. The lowest BCUT2D eigenvalue weighted by molar-refractivity contribution is -0.391. The smallest absolute Gasteiger partial charge is 0.187 e. The Hall–Kier alpha value is -1.00. The van der Waals surface area contributed by atoms with Crippen molar-refractivity contribution >= 4 is 0 Å². The van der Waals surface area contributed by atoms with E-state index >= 15 is 0 Å². The predicted octanol–water partition coefficient (Wildman–Crippen LogP) is -10.9. The van der Waals surface area contributed by atoms with E-state index in [0.29, 0.717) is 0 Å². The molecule has 25 heteroatoms. The molecule has 322 valence electrons. The van der Waals surface area contributed by atoms with Crippen LogP contribution in [0.4, 0.5) is 0 Å². The number of rotatable bonds is 12. The van der Waals surface area contributed by atoms with Crippen molar-refractivity contribution in [2.45, 2.75) is 160 Å². The molecule has 5 aliphatic heterocycles. The number of hydrogen-bond acceptors (Lipinski definition) is 25. The average Bonchev–Trinajstić information content (AvgIpc) is 3.16. The highest BCUT2D eigenvalue weighted by Crippen LogP contribution is 2.34. The zero-order valence-corrected chi connectivity index (χ0v) is 29.1. The molecule has 0 aliphatic carbocycles. The Morgan fingerprint density at radius 2 is 0.800 bits per heavy atom. The van der Waals surface area contributed by atoms with Crippen LogP contribution < -0.4 is 0 Å². The van der Waals surface area contributed by atoms with Crippen molar-refractivity contribution in [1.82, 2.24) is 0 Å². The molecule has 0 unspecified atom stereocenters. The van der Waals surface area contributed by atoms with Crippen molar-refractivity contribution in [2.75, 3.05) is 26.4 Å². The molecule has 0 aromatic rings. The lowest BCUT2D eigenvalue weighted by atomic mass is 9.95. The first-order valence-corrected chi connectivity index (χ1v) is 17.5. The van der Waals surface area contributed by atoms with Crippen molar-refractivity contribution in [3.05, 3.63) is 0 Å². The van der Waals surface area contributed by atoms with Crippen molar-refractivity contribution in [2.24, 2.45) is 0 Å². The maximum absolute atomic E-state index is 11.3. The van der Waals surface area contributed by atoms with E-state index in [0.717, 1.165) is 0 Å². The second-order valence-electron chi connectivity index (χ2n) is 14.0. The topological polar surface area (TPSA) is 407 Å². The molecule has 16 N–H and O–H groups in total. The van der Waals surface area contributed by atoms with Crippen LogP contribution in [0.2, 0.25) is 0 Å². The molecule has 0 amide bonds. The Bertz CT molecular complexity index is 1190. The monoisotopic (exact) mass is 812 g/mol. The fraction of sp³-hybridized carbons (Fsp3) is 1.00. The zero-order valence-electron chi connectivity index (χ0n) is 29.1. The second-order valence-corrected chi connectivity index (χ2v) is 14.0. The molecule has 0 spiro atoms. The van der Waals surface area contributed by atoms with E-state index < -0.39 is 180 Å². The quantitative estimate of drug-likeness (QED) is 0.0870. The number of ether oxygens (including phenoxy) is 9. The van der Waals surface area contributed by atoms with Crippen molar-refractivity contribution < 1.29 is 124 Å². The molecular weight excluding hydrogens is 760 g/mol. The first kappa shape index (κ1) is 45.1. The molecule has 5 rings (SSSR count). The molecular formula is C30H52O25. The van der Waals surface area contributed by atoms with Gasteiger partial charge in [0, 0.05) is 0 Å². The molecule has 55 heavy (non-hydrogen) atoms. The Kier molecular flexibility index (Phi) is 15.5. The molecule has 0 aromatic carbocycles. The Morgan fingerprint density at radius 1 is 0.364 bits per heavy atom. The molecule has 0 bridgehead atoms. The average molecular weight is 813 g/mol. The van der Waals surface area contributed by atoms with E-state index in [-0.39, 0.29) is 0 Å². The number of hydrogen-bond donors (Lipinski definition) is 16. The highest BCUT2D eigenvalue weighted by Gasteiger charge is 2.55. The third-order valence-corrected chi connectivity index (χ3v) is 10.3. The minimum atomic E-state index is -2.11. The molecule has 5 saturated heterocycles. The van der Waals surface area contributed by atoms with E-state index in [1.807, 2.05) is 0 Å². The van der Waals surface area contributed by atoms with Gasteiger partial charge in [-0.05, 0) is 6.92 Å². The minimum absolute atomic E-state index is 0.740. The van der Waals surface area contributed by atoms with Gasteiger partial charge in [-0.25, -0.2) is 0 Å². The largest absolute Gasteiger partial charge is 0.394 e. The Labute approximate surface area is 311 Å². The molecule has 0 aromatic heterocycles. The number of aliphatic hydroxyl groups is 16. The normalized spacial score (nSPS) is 53.9. The van der Waals surface area contributed by atoms with Gasteiger partial charge in [0.05, 0.1) is 32.5 Å². The third kappa shape index (κ3) is 9.26.